The van der Waals surface area contributed by atoms with Crippen molar-refractivity contribution in [2.75, 3.05) is 33.2 Å². The monoisotopic (exact) mass is 384 g/mol. The Morgan fingerprint density at radius 2 is 1.64 bits per heavy atom. The van der Waals surface area contributed by atoms with Gasteiger partial charge in [-0.25, -0.2) is 0 Å². The molecule has 0 bridgehead atoms. The zero-order chi connectivity index (χ0) is 20.3. The number of amides is 2. The van der Waals surface area contributed by atoms with E-state index in [2.05, 4.69) is 5.32 Å². The van der Waals surface area contributed by atoms with Gasteiger partial charge in [0.15, 0.2) is 11.5 Å². The number of ether oxygens (including phenoxy) is 3. The molecule has 0 aromatic heterocycles. The molecule has 1 aliphatic rings. The topological polar surface area (TPSA) is 77.1 Å². The first-order chi connectivity index (χ1) is 13.5. The van der Waals surface area contributed by atoms with Crippen molar-refractivity contribution < 1.29 is 23.8 Å². The molecule has 0 fully saturated rings. The summed E-state index contributed by atoms with van der Waals surface area (Å²) >= 11 is 0. The summed E-state index contributed by atoms with van der Waals surface area (Å²) in [6, 6.07) is 9.00. The number of nitrogens with zero attached hydrogens (tertiary/aromatic N) is 1. The van der Waals surface area contributed by atoms with Gasteiger partial charge in [0.25, 0.3) is 5.91 Å². The van der Waals surface area contributed by atoms with Crippen LogP contribution in [0.4, 0.5) is 5.69 Å². The summed E-state index contributed by atoms with van der Waals surface area (Å²) in [6.45, 7) is 2.85. The van der Waals surface area contributed by atoms with Gasteiger partial charge in [-0.3, -0.25) is 9.59 Å². The maximum Gasteiger partial charge on any atom is 0.255 e. The van der Waals surface area contributed by atoms with Crippen molar-refractivity contribution in [2.24, 2.45) is 0 Å². The lowest BCUT2D eigenvalue weighted by molar-refractivity contribution is -0.129. The average Bonchev–Trinajstić information content (AvgIpc) is 2.71. The molecule has 0 spiro atoms. The zero-order valence-corrected chi connectivity index (χ0v) is 16.5. The van der Waals surface area contributed by atoms with Gasteiger partial charge in [0.2, 0.25) is 11.7 Å². The molecule has 0 unspecified atom stereocenters. The molecule has 1 aliphatic heterocycles. The number of rotatable bonds is 5. The number of carbonyl (C=O) groups excluding carboxylic acids is 2. The van der Waals surface area contributed by atoms with Crippen LogP contribution in [-0.2, 0) is 17.8 Å². The molecule has 0 saturated heterocycles. The third kappa shape index (κ3) is 3.88. The third-order valence-electron chi connectivity index (χ3n) is 4.85. The number of carbonyl (C=O) groups is 2. The first-order valence-electron chi connectivity index (χ1n) is 8.95. The predicted octanol–water partition coefficient (Wildman–Crippen LogP) is 2.87. The molecule has 2 aromatic rings. The SMILES string of the molecule is COc1cc(C(=O)Nc2ccc3c(c2)CN(C(C)=O)CC3)cc(OC)c1OC. The van der Waals surface area contributed by atoms with Gasteiger partial charge >= 0.3 is 0 Å². The molecule has 0 aliphatic carbocycles. The van der Waals surface area contributed by atoms with E-state index in [-0.39, 0.29) is 11.8 Å². The van der Waals surface area contributed by atoms with Crippen molar-refractivity contribution in [3.05, 3.63) is 47.0 Å². The molecule has 28 heavy (non-hydrogen) atoms. The van der Waals surface area contributed by atoms with E-state index in [9.17, 15) is 9.59 Å². The zero-order valence-electron chi connectivity index (χ0n) is 16.5. The average molecular weight is 384 g/mol. The summed E-state index contributed by atoms with van der Waals surface area (Å²) in [5.74, 6) is 1.01. The Bertz CT molecular complexity index is 885. The summed E-state index contributed by atoms with van der Waals surface area (Å²) in [6.07, 6.45) is 0.815. The van der Waals surface area contributed by atoms with Crippen LogP contribution in [0.15, 0.2) is 30.3 Å². The Balaban J connectivity index is 1.84. The molecule has 1 N–H and O–H groups in total. The number of methoxy groups -OCH3 is 3. The lowest BCUT2D eigenvalue weighted by Crippen LogP contribution is -2.34. The smallest absolute Gasteiger partial charge is 0.255 e. The van der Waals surface area contributed by atoms with Gasteiger partial charge in [-0.1, -0.05) is 6.07 Å². The Labute approximate surface area is 164 Å². The Morgan fingerprint density at radius 1 is 0.964 bits per heavy atom. The van der Waals surface area contributed by atoms with Crippen molar-refractivity contribution >= 4 is 17.5 Å². The van der Waals surface area contributed by atoms with E-state index in [0.29, 0.717) is 35.0 Å². The molecule has 7 nitrogen and oxygen atoms in total. The fraction of sp³-hybridized carbons (Fsp3) is 0.333. The van der Waals surface area contributed by atoms with Gasteiger partial charge in [-0.2, -0.15) is 0 Å². The Morgan fingerprint density at radius 3 is 2.21 bits per heavy atom. The van der Waals surface area contributed by atoms with E-state index >= 15 is 0 Å². The highest BCUT2D eigenvalue weighted by molar-refractivity contribution is 6.05. The minimum Gasteiger partial charge on any atom is -0.493 e. The van der Waals surface area contributed by atoms with Gasteiger partial charge in [0.05, 0.1) is 21.3 Å². The van der Waals surface area contributed by atoms with Crippen molar-refractivity contribution in [3.8, 4) is 17.2 Å². The number of anilines is 1. The highest BCUT2D eigenvalue weighted by Gasteiger charge is 2.20. The van der Waals surface area contributed by atoms with Crippen LogP contribution in [-0.4, -0.2) is 44.6 Å². The van der Waals surface area contributed by atoms with E-state index in [1.54, 1.807) is 24.0 Å². The minimum absolute atomic E-state index is 0.0533. The lowest BCUT2D eigenvalue weighted by atomic mass is 9.99. The van der Waals surface area contributed by atoms with Crippen LogP contribution in [0.5, 0.6) is 17.2 Å². The molecule has 7 heteroatoms. The second-order valence-corrected chi connectivity index (χ2v) is 6.54. The van der Waals surface area contributed by atoms with Crippen LogP contribution in [0.3, 0.4) is 0 Å². The van der Waals surface area contributed by atoms with Crippen molar-refractivity contribution in [3.63, 3.8) is 0 Å². The van der Waals surface area contributed by atoms with E-state index in [4.69, 9.17) is 14.2 Å². The molecule has 2 amide bonds. The highest BCUT2D eigenvalue weighted by Crippen LogP contribution is 2.38. The first kappa shape index (κ1) is 19.5. The van der Waals surface area contributed by atoms with Crippen LogP contribution < -0.4 is 19.5 Å². The Kier molecular flexibility index (Phi) is 5.73. The minimum atomic E-state index is -0.293. The van der Waals surface area contributed by atoms with Gasteiger partial charge in [0, 0.05) is 31.3 Å². The van der Waals surface area contributed by atoms with Crippen LogP contribution >= 0.6 is 0 Å². The van der Waals surface area contributed by atoms with Gasteiger partial charge in [-0.05, 0) is 41.8 Å². The van der Waals surface area contributed by atoms with Crippen LogP contribution in [0, 0.1) is 0 Å². The van der Waals surface area contributed by atoms with Crippen molar-refractivity contribution in [2.45, 2.75) is 19.9 Å². The molecule has 3 rings (SSSR count). The summed E-state index contributed by atoms with van der Waals surface area (Å²) in [4.78, 5) is 26.2. The summed E-state index contributed by atoms with van der Waals surface area (Å²) in [7, 11) is 4.52. The first-order valence-corrected chi connectivity index (χ1v) is 8.95. The molecular formula is C21H24N2O5. The quantitative estimate of drug-likeness (QED) is 0.858. The second-order valence-electron chi connectivity index (χ2n) is 6.54. The normalized spacial score (nSPS) is 12.8. The van der Waals surface area contributed by atoms with Gasteiger partial charge in [-0.15, -0.1) is 0 Å². The fourth-order valence-electron chi connectivity index (χ4n) is 3.32. The molecule has 1 heterocycles. The molecule has 2 aromatic carbocycles. The lowest BCUT2D eigenvalue weighted by Gasteiger charge is -2.28. The summed E-state index contributed by atoms with van der Waals surface area (Å²) < 4.78 is 15.9. The van der Waals surface area contributed by atoms with Gasteiger partial charge < -0.3 is 24.4 Å². The predicted molar refractivity (Wildman–Crippen MR) is 105 cm³/mol. The number of benzene rings is 2. The molecule has 148 valence electrons. The van der Waals surface area contributed by atoms with Crippen LogP contribution in [0.25, 0.3) is 0 Å². The Hall–Kier alpha value is -3.22. The number of fused-ring (bicyclic) bond motifs is 1. The molecule has 0 atom stereocenters. The molecular weight excluding hydrogens is 360 g/mol. The number of nitrogens with one attached hydrogen (secondary N) is 1. The van der Waals surface area contributed by atoms with E-state index < -0.39 is 0 Å². The summed E-state index contributed by atoms with van der Waals surface area (Å²) in [5, 5.41) is 2.90. The van der Waals surface area contributed by atoms with Gasteiger partial charge in [0.1, 0.15) is 0 Å². The standard InChI is InChI=1S/C21H24N2O5/c1-13(24)23-8-7-14-5-6-17(9-16(14)12-23)22-21(25)15-10-18(26-2)20(28-4)19(11-15)27-3/h5-6,9-11H,7-8,12H2,1-4H3,(H,22,25). The van der Waals surface area contributed by atoms with Crippen molar-refractivity contribution in [1.82, 2.24) is 4.90 Å². The van der Waals surface area contributed by atoms with E-state index in [0.717, 1.165) is 18.5 Å². The molecule has 0 radical (unpaired) electrons. The maximum absolute atomic E-state index is 12.8. The largest absolute Gasteiger partial charge is 0.493 e. The van der Waals surface area contributed by atoms with Crippen LogP contribution in [0.1, 0.15) is 28.4 Å². The van der Waals surface area contributed by atoms with E-state index in [1.807, 2.05) is 18.2 Å². The number of hydrogen-bond acceptors (Lipinski definition) is 5. The highest BCUT2D eigenvalue weighted by atomic mass is 16.5. The van der Waals surface area contributed by atoms with Crippen LogP contribution in [0.2, 0.25) is 0 Å². The summed E-state index contributed by atoms with van der Waals surface area (Å²) in [5.41, 5.74) is 3.30. The fourth-order valence-corrected chi connectivity index (χ4v) is 3.32. The maximum atomic E-state index is 12.8. The van der Waals surface area contributed by atoms with E-state index in [1.165, 1.54) is 26.9 Å². The van der Waals surface area contributed by atoms with Crippen molar-refractivity contribution in [1.29, 1.82) is 0 Å². The third-order valence-corrected chi connectivity index (χ3v) is 4.85. The second kappa shape index (κ2) is 8.21. The number of hydrogen-bond donors (Lipinski definition) is 1. The molecule has 0 saturated carbocycles.